The third-order valence-corrected chi connectivity index (χ3v) is 9.98. The number of carbonyl (C=O) groups excluding carboxylic acids is 3. The topological polar surface area (TPSA) is 237 Å². The number of aromatic nitrogens is 2. The van der Waals surface area contributed by atoms with E-state index in [9.17, 15) is 34.6 Å². The molecule has 8 rings (SSSR count). The lowest BCUT2D eigenvalue weighted by atomic mass is 10.1. The minimum Gasteiger partial charge on any atom is -0.368 e. The molecule has 8 aromatic rings. The minimum absolute atomic E-state index is 0.0230. The molecule has 6 N–H and O–H groups in total. The van der Waals surface area contributed by atoms with E-state index in [1.54, 1.807) is 0 Å². The van der Waals surface area contributed by atoms with Crippen LogP contribution in [0, 0.1) is 20.2 Å². The number of anilines is 4. The molecule has 60 heavy (non-hydrogen) atoms. The maximum atomic E-state index is 13.4. The number of nitrogens with two attached hydrogens (primary N) is 1. The van der Waals surface area contributed by atoms with Crippen molar-refractivity contribution in [3.63, 3.8) is 0 Å². The number of para-hydroxylation sites is 4. The van der Waals surface area contributed by atoms with E-state index in [-0.39, 0.29) is 41.2 Å². The summed E-state index contributed by atoms with van der Waals surface area (Å²) in [4.78, 5) is 71.7. The fourth-order valence-electron chi connectivity index (χ4n) is 7.04. The summed E-state index contributed by atoms with van der Waals surface area (Å²) in [7, 11) is 0. The van der Waals surface area contributed by atoms with E-state index >= 15 is 0 Å². The molecule has 2 aromatic heterocycles. The molecular formula is C44H33N9O7. The molecule has 1 unspecified atom stereocenters. The lowest BCUT2D eigenvalue weighted by Crippen LogP contribution is -2.46. The average Bonchev–Trinajstić information content (AvgIpc) is 3.25. The smallest absolute Gasteiger partial charge is 0.293 e. The fourth-order valence-corrected chi connectivity index (χ4v) is 7.04. The molecule has 1 atom stereocenters. The van der Waals surface area contributed by atoms with Crippen molar-refractivity contribution in [3.8, 4) is 0 Å². The first-order valence-electron chi connectivity index (χ1n) is 18.6. The number of amides is 3. The molecule has 16 heteroatoms. The van der Waals surface area contributed by atoms with Gasteiger partial charge in [0.2, 0.25) is 5.91 Å². The van der Waals surface area contributed by atoms with Gasteiger partial charge in [-0.1, -0.05) is 72.8 Å². The van der Waals surface area contributed by atoms with Crippen LogP contribution < -0.4 is 27.0 Å². The highest BCUT2D eigenvalue weighted by Crippen LogP contribution is 2.38. The number of primary amides is 1. The Kier molecular flexibility index (Phi) is 10.3. The SMILES string of the molecule is NC(=O)C(CCNC(=O)c1ccc(Nc2c3ccccc3nc3ccccc23)c([N+](=O)[O-])c1)NC(=O)c1ccc(Nc2c3ccccc3nc3ccccc23)c([N+](=O)[O-])c1. The average molecular weight is 800 g/mol. The van der Waals surface area contributed by atoms with Gasteiger partial charge >= 0.3 is 0 Å². The normalized spacial score (nSPS) is 11.6. The van der Waals surface area contributed by atoms with Crippen LogP contribution in [0.4, 0.5) is 34.1 Å². The molecule has 0 saturated heterocycles. The highest BCUT2D eigenvalue weighted by molar-refractivity contribution is 6.10. The van der Waals surface area contributed by atoms with E-state index in [1.807, 2.05) is 97.1 Å². The van der Waals surface area contributed by atoms with E-state index < -0.39 is 39.3 Å². The van der Waals surface area contributed by atoms with Gasteiger partial charge in [0.15, 0.2) is 0 Å². The summed E-state index contributed by atoms with van der Waals surface area (Å²) in [5.41, 5.74) is 8.95. The second-order valence-electron chi connectivity index (χ2n) is 13.7. The molecule has 0 radical (unpaired) electrons. The van der Waals surface area contributed by atoms with Crippen molar-refractivity contribution >= 4 is 95.5 Å². The lowest BCUT2D eigenvalue weighted by Gasteiger charge is -2.17. The van der Waals surface area contributed by atoms with E-state index in [0.717, 1.165) is 33.7 Å². The first-order valence-corrected chi connectivity index (χ1v) is 18.6. The largest absolute Gasteiger partial charge is 0.368 e. The van der Waals surface area contributed by atoms with Crippen LogP contribution in [0.25, 0.3) is 43.6 Å². The molecule has 0 aliphatic carbocycles. The van der Waals surface area contributed by atoms with Gasteiger partial charge in [0.1, 0.15) is 17.4 Å². The van der Waals surface area contributed by atoms with Crippen LogP contribution in [0.5, 0.6) is 0 Å². The molecular weight excluding hydrogens is 767 g/mol. The molecule has 296 valence electrons. The van der Waals surface area contributed by atoms with E-state index in [2.05, 4.69) is 26.3 Å². The fraction of sp³-hybridized carbons (Fsp3) is 0.0682. The number of benzene rings is 6. The summed E-state index contributed by atoms with van der Waals surface area (Å²) in [6.45, 7) is -0.160. The van der Waals surface area contributed by atoms with Gasteiger partial charge in [-0.15, -0.1) is 0 Å². The summed E-state index contributed by atoms with van der Waals surface area (Å²) in [6.07, 6.45) is -0.152. The number of rotatable bonds is 13. The van der Waals surface area contributed by atoms with Gasteiger partial charge in [-0.25, -0.2) is 9.97 Å². The molecule has 2 heterocycles. The van der Waals surface area contributed by atoms with Gasteiger partial charge < -0.3 is 27.0 Å². The molecule has 0 spiro atoms. The first-order chi connectivity index (χ1) is 29.0. The molecule has 0 saturated carbocycles. The monoisotopic (exact) mass is 799 g/mol. The Labute approximate surface area is 339 Å². The molecule has 6 aromatic carbocycles. The zero-order chi connectivity index (χ0) is 41.9. The number of carbonyl (C=O) groups is 3. The number of fused-ring (bicyclic) bond motifs is 4. The van der Waals surface area contributed by atoms with Crippen molar-refractivity contribution < 1.29 is 24.2 Å². The van der Waals surface area contributed by atoms with Crippen LogP contribution in [0.3, 0.4) is 0 Å². The third-order valence-electron chi connectivity index (χ3n) is 9.98. The first kappa shape index (κ1) is 38.3. The minimum atomic E-state index is -1.28. The summed E-state index contributed by atoms with van der Waals surface area (Å²) in [6, 6.07) is 36.1. The standard InChI is InChI=1S/C44H33N9O7/c45-42(54)37(51-44(56)26-18-20-36(39(24-26)53(59)60)50-41-29-11-3-7-15-33(29)48-34-16-8-4-12-30(34)41)21-22-46-43(55)25-17-19-35(38(23-25)52(57)58)49-40-27-9-1-5-13-31(27)47-32-14-6-2-10-28(32)40/h1-20,23-24,37H,21-22H2,(H2,45,54)(H,46,55)(H,47,49)(H,48,50)(H,51,56). The quantitative estimate of drug-likeness (QED) is 0.0428. The Morgan fingerprint density at radius 3 is 1.33 bits per heavy atom. The predicted molar refractivity (Wildman–Crippen MR) is 229 cm³/mol. The van der Waals surface area contributed by atoms with Crippen LogP contribution in [0.15, 0.2) is 133 Å². The molecule has 0 aliphatic rings. The number of nitro groups is 2. The van der Waals surface area contributed by atoms with Gasteiger partial charge in [-0.3, -0.25) is 34.6 Å². The number of hydrogen-bond donors (Lipinski definition) is 5. The molecule has 3 amide bonds. The maximum Gasteiger partial charge on any atom is 0.293 e. The predicted octanol–water partition coefficient (Wildman–Crippen LogP) is 7.80. The van der Waals surface area contributed by atoms with Gasteiger partial charge in [0.25, 0.3) is 23.2 Å². The van der Waals surface area contributed by atoms with Crippen molar-refractivity contribution in [3.05, 3.63) is 165 Å². The van der Waals surface area contributed by atoms with Crippen LogP contribution in [0.1, 0.15) is 27.1 Å². The summed E-state index contributed by atoms with van der Waals surface area (Å²) in [5, 5.41) is 39.0. The molecule has 0 fully saturated rings. The van der Waals surface area contributed by atoms with Gasteiger partial charge in [0, 0.05) is 51.3 Å². The van der Waals surface area contributed by atoms with Crippen LogP contribution >= 0.6 is 0 Å². The van der Waals surface area contributed by atoms with Crippen molar-refractivity contribution in [1.29, 1.82) is 0 Å². The summed E-state index contributed by atoms with van der Waals surface area (Å²) >= 11 is 0. The number of nitrogens with zero attached hydrogens (tertiary/aromatic N) is 4. The van der Waals surface area contributed by atoms with E-state index in [4.69, 9.17) is 10.7 Å². The van der Waals surface area contributed by atoms with Crippen molar-refractivity contribution in [2.45, 2.75) is 12.5 Å². The Balaban J connectivity index is 0.956. The number of nitrogens with one attached hydrogen (secondary N) is 4. The molecule has 16 nitrogen and oxygen atoms in total. The molecule has 0 aliphatic heterocycles. The van der Waals surface area contributed by atoms with E-state index in [0.29, 0.717) is 33.4 Å². The highest BCUT2D eigenvalue weighted by atomic mass is 16.6. The van der Waals surface area contributed by atoms with Gasteiger partial charge in [-0.2, -0.15) is 0 Å². The zero-order valence-electron chi connectivity index (χ0n) is 31.4. The van der Waals surface area contributed by atoms with E-state index in [1.165, 1.54) is 24.3 Å². The van der Waals surface area contributed by atoms with Gasteiger partial charge in [0.05, 0.1) is 43.3 Å². The number of pyridine rings is 2. The maximum absolute atomic E-state index is 13.4. The highest BCUT2D eigenvalue weighted by Gasteiger charge is 2.24. The second-order valence-corrected chi connectivity index (χ2v) is 13.7. The van der Waals surface area contributed by atoms with Crippen molar-refractivity contribution in [2.24, 2.45) is 5.73 Å². The van der Waals surface area contributed by atoms with Gasteiger partial charge in [-0.05, 0) is 55.0 Å². The van der Waals surface area contributed by atoms with Crippen LogP contribution in [-0.4, -0.2) is 50.1 Å². The second kappa shape index (κ2) is 16.1. The zero-order valence-corrected chi connectivity index (χ0v) is 31.4. The summed E-state index contributed by atoms with van der Waals surface area (Å²) < 4.78 is 0. The third kappa shape index (κ3) is 7.62. The van der Waals surface area contributed by atoms with Crippen LogP contribution in [0.2, 0.25) is 0 Å². The van der Waals surface area contributed by atoms with Crippen LogP contribution in [-0.2, 0) is 4.79 Å². The molecule has 0 bridgehead atoms. The Hall–Kier alpha value is -8.53. The Bertz CT molecular complexity index is 2960. The lowest BCUT2D eigenvalue weighted by molar-refractivity contribution is -0.384. The Morgan fingerprint density at radius 1 is 0.567 bits per heavy atom. The summed E-state index contributed by atoms with van der Waals surface area (Å²) in [5.74, 6) is -2.40. The van der Waals surface area contributed by atoms with Crippen molar-refractivity contribution in [2.75, 3.05) is 17.2 Å². The number of hydrogen-bond acceptors (Lipinski definition) is 11. The Morgan fingerprint density at radius 2 is 0.950 bits per heavy atom. The number of nitro benzene ring substituents is 2. The van der Waals surface area contributed by atoms with Crippen molar-refractivity contribution in [1.82, 2.24) is 20.6 Å².